The minimum absolute atomic E-state index is 0.0183. The highest BCUT2D eigenvalue weighted by molar-refractivity contribution is 7.91. The Morgan fingerprint density at radius 2 is 1.33 bits per heavy atom. The van der Waals surface area contributed by atoms with E-state index in [9.17, 15) is 47.4 Å². The molecule has 4 N–H and O–H groups in total. The molecule has 0 unspecified atom stereocenters. The largest absolute Gasteiger partial charge is 0.491 e. The van der Waals surface area contributed by atoms with Crippen LogP contribution in [0.15, 0.2) is 101 Å². The number of ether oxygens (including phenoxy) is 16. The van der Waals surface area contributed by atoms with Gasteiger partial charge in [0.05, 0.1) is 123 Å². The molecule has 2 amide bonds. The first-order valence-corrected chi connectivity index (χ1v) is 49.5. The van der Waals surface area contributed by atoms with Crippen molar-refractivity contribution in [3.63, 3.8) is 0 Å². The fourth-order valence-electron chi connectivity index (χ4n) is 17.3. The smallest absolute Gasteiger partial charge is 0.329 e. The Hall–Kier alpha value is -7.26. The highest BCUT2D eigenvalue weighted by Crippen LogP contribution is 2.40. The van der Waals surface area contributed by atoms with E-state index in [1.807, 2.05) is 109 Å². The van der Waals surface area contributed by atoms with Gasteiger partial charge in [0.1, 0.15) is 65.1 Å². The lowest BCUT2D eigenvalue weighted by Crippen LogP contribution is -2.61. The molecule has 746 valence electrons. The molecule has 2 aromatic carbocycles. The van der Waals surface area contributed by atoms with E-state index in [4.69, 9.17) is 93.7 Å². The molecule has 1 aromatic heterocycles. The molecule has 33 heteroatoms. The van der Waals surface area contributed by atoms with Crippen molar-refractivity contribution in [2.45, 2.75) is 250 Å². The molecule has 5 aliphatic rings. The van der Waals surface area contributed by atoms with E-state index in [1.165, 1.54) is 25.0 Å². The van der Waals surface area contributed by atoms with Crippen LogP contribution < -0.4 is 10.5 Å². The summed E-state index contributed by atoms with van der Waals surface area (Å²) < 4.78 is 134. The number of sulfone groups is 1. The highest BCUT2D eigenvalue weighted by Gasteiger charge is 2.53. The second kappa shape index (κ2) is 59.8. The lowest BCUT2D eigenvalue weighted by Gasteiger charge is -2.43. The number of nitrogens with zero attached hydrogens (tertiary/aromatic N) is 3. The number of amides is 2. The summed E-state index contributed by atoms with van der Waals surface area (Å²) in [5, 5.41) is 24.4. The molecule has 0 radical (unpaired) electrons. The molecular formula is C100H151FN4O26S2. The second-order valence-corrected chi connectivity index (χ2v) is 37.8. The number of hydrogen-bond acceptors (Lipinski definition) is 29. The summed E-state index contributed by atoms with van der Waals surface area (Å²) in [5.41, 5.74) is 9.63. The van der Waals surface area contributed by atoms with Gasteiger partial charge in [0, 0.05) is 134 Å². The van der Waals surface area contributed by atoms with Crippen LogP contribution in [0.5, 0.6) is 5.75 Å². The van der Waals surface area contributed by atoms with Gasteiger partial charge in [-0.1, -0.05) is 77.1 Å². The Kier molecular flexibility index (Phi) is 50.7. The summed E-state index contributed by atoms with van der Waals surface area (Å²) >= 11 is 5.69. The van der Waals surface area contributed by atoms with Crippen molar-refractivity contribution in [1.82, 2.24) is 14.8 Å². The number of halogens is 1. The standard InChI is InChI=1S/C64H105NO17S.C36H46FN3O9S/c1-13-76-30-31-78-34-35-79-33-32-77-29-19-23-57(83)80-52-27-25-49(39-56(52)74-11)38-45(5)55-41-54(73-10)44(4)37-47(7)59(67)60(75-12)58(66)46(6)36-42(2)20-15-14-16-21-43(3)53(72-9)40-50-26-24-48(8)64(71,82-50)61(68)62(69)65-28-18-17-22-51(65)63(70)81-55;1-3-45-16-17-47-20-21-48-19-18-46-14-12-30(41)5-4-22-50(43,44)33-10-8-31(26(2)35(33)37)36(42)40-13-15-49-32-9-6-27(23-29(32)25-40)28-7-11-34(38)39-24-28/h14-16,20-21,37,42,44-46,48-56,59-60,67,71H,13,17-19,22-36,38-41H2,1-12H3;6-11,23-24H,3-5,12-22,25H2,1-2H3,(H2,38,39)/b16-14+,20-15+,43-21+,47-37+;/t42-,44-,45-,46-,48-,49+,50+,51+,52-,53+,54-,55+,56-,59-,60+,64-;/m1./s1. The topological polar surface area (TPSA) is 370 Å². The maximum absolute atomic E-state index is 15.6. The predicted octanol–water partition coefficient (Wildman–Crippen LogP) is 13.3. The molecule has 4 aliphatic heterocycles. The van der Waals surface area contributed by atoms with Gasteiger partial charge >= 0.3 is 5.97 Å². The van der Waals surface area contributed by atoms with Crippen molar-refractivity contribution in [3.8, 4) is 16.9 Å². The third-order valence-corrected chi connectivity index (χ3v) is 27.4. The van der Waals surface area contributed by atoms with Crippen molar-refractivity contribution < 1.29 is 128 Å². The van der Waals surface area contributed by atoms with Gasteiger partial charge < -0.3 is 102 Å². The molecule has 1 aliphatic carbocycles. The maximum atomic E-state index is 15.6. The molecule has 8 rings (SSSR count). The third-order valence-electron chi connectivity index (χ3n) is 25.3. The normalized spacial score (nSPS) is 26.8. The predicted molar refractivity (Wildman–Crippen MR) is 506 cm³/mol. The number of fused-ring (bicyclic) bond motifs is 4. The van der Waals surface area contributed by atoms with Crippen LogP contribution in [0.2, 0.25) is 0 Å². The number of pyridine rings is 1. The van der Waals surface area contributed by atoms with Gasteiger partial charge in [0.2, 0.25) is 5.79 Å². The number of rotatable bonds is 42. The number of thiocarbonyl (C=S) groups is 1. The molecule has 5 heterocycles. The summed E-state index contributed by atoms with van der Waals surface area (Å²) in [6.45, 7) is 27.1. The number of esters is 1. The van der Waals surface area contributed by atoms with Gasteiger partial charge in [-0.3, -0.25) is 24.0 Å². The minimum Gasteiger partial charge on any atom is -0.491 e. The molecule has 2 saturated heterocycles. The Morgan fingerprint density at radius 3 is 1.96 bits per heavy atom. The molecule has 16 atom stereocenters. The molecule has 2 bridgehead atoms. The number of hydrogen-bond donors (Lipinski definition) is 3. The molecule has 1 saturated carbocycles. The monoisotopic (exact) mass is 1910 g/mol. The van der Waals surface area contributed by atoms with Crippen LogP contribution in [-0.4, -0.2) is 294 Å². The first kappa shape index (κ1) is 113. The summed E-state index contributed by atoms with van der Waals surface area (Å²) in [6.07, 6.45) is 16.0. The number of piperidine rings is 1. The number of nitrogens with two attached hydrogens (primary N) is 1. The zero-order valence-corrected chi connectivity index (χ0v) is 82.6. The van der Waals surface area contributed by atoms with E-state index in [0.29, 0.717) is 192 Å². The summed E-state index contributed by atoms with van der Waals surface area (Å²) in [6, 6.07) is 10.6. The van der Waals surface area contributed by atoms with Crippen LogP contribution in [0.25, 0.3) is 11.1 Å². The number of aliphatic hydroxyl groups excluding tert-OH is 1. The summed E-state index contributed by atoms with van der Waals surface area (Å²) in [5.74, 6) is -7.78. The Balaban J connectivity index is 0.000000410. The van der Waals surface area contributed by atoms with Crippen molar-refractivity contribution in [2.24, 2.45) is 35.5 Å². The van der Waals surface area contributed by atoms with Crippen LogP contribution in [0.1, 0.15) is 193 Å². The number of carbonyl (C=O) groups excluding carboxylic acids is 6. The zero-order chi connectivity index (χ0) is 97.0. The number of Topliss-reactive ketones (excluding diaryl/α,β-unsaturated/α-hetero) is 3. The Morgan fingerprint density at radius 1 is 0.684 bits per heavy atom. The number of aromatic nitrogens is 1. The van der Waals surface area contributed by atoms with E-state index in [0.717, 1.165) is 34.8 Å². The average molecular weight is 1910 g/mol. The van der Waals surface area contributed by atoms with Gasteiger partial charge in [-0.25, -0.2) is 22.6 Å². The Labute approximate surface area is 793 Å². The number of cyclic esters (lactones) is 1. The van der Waals surface area contributed by atoms with Gasteiger partial charge in [-0.05, 0) is 200 Å². The number of ketones is 3. The Bertz CT molecular complexity index is 4330. The number of carbonyl (C=O) groups is 6. The number of aliphatic hydroxyl groups is 2. The van der Waals surface area contributed by atoms with E-state index < -0.39 is 110 Å². The van der Waals surface area contributed by atoms with Crippen LogP contribution in [0.4, 0.5) is 10.2 Å². The fourth-order valence-corrected chi connectivity index (χ4v) is 19.1. The molecule has 0 spiro atoms. The van der Waals surface area contributed by atoms with Crippen LogP contribution >= 0.6 is 12.2 Å². The summed E-state index contributed by atoms with van der Waals surface area (Å²) in [7, 11) is 2.24. The van der Waals surface area contributed by atoms with E-state index in [1.54, 1.807) is 52.3 Å². The van der Waals surface area contributed by atoms with Gasteiger partial charge in [0.15, 0.2) is 20.7 Å². The van der Waals surface area contributed by atoms with Crippen LogP contribution in [0, 0.1) is 48.2 Å². The second-order valence-electron chi connectivity index (χ2n) is 35.3. The lowest BCUT2D eigenvalue weighted by molar-refractivity contribution is -0.265. The molecule has 3 fully saturated rings. The van der Waals surface area contributed by atoms with Crippen molar-refractivity contribution in [2.75, 3.05) is 165 Å². The maximum Gasteiger partial charge on any atom is 0.329 e. The number of methoxy groups -OCH3 is 4. The number of benzene rings is 2. The van der Waals surface area contributed by atoms with Gasteiger partial charge in [-0.2, -0.15) is 0 Å². The molecule has 30 nitrogen and oxygen atoms in total. The number of nitrogen functional groups attached to an aromatic ring is 1. The lowest BCUT2D eigenvalue weighted by atomic mass is 9.78. The molecule has 133 heavy (non-hydrogen) atoms. The fraction of sp³-hybridized carbons (Fsp3) is 0.680. The van der Waals surface area contributed by atoms with E-state index >= 15 is 4.39 Å². The molecular weight excluding hydrogens is 1760 g/mol. The first-order chi connectivity index (χ1) is 63.8. The molecule has 3 aromatic rings. The quantitative estimate of drug-likeness (QED) is 0.0156. The van der Waals surface area contributed by atoms with Crippen LogP contribution in [-0.2, 0) is 111 Å². The SMILES string of the molecule is CCOCCOCCOCCOCCC(=O)CCCS(=O)(=O)c1ccc(C(=O)N2CCOc3ccc(-c4ccc(N)nc4)cc3C2)c(C)c1F.CCOCCOCCOCCOCCCC(=S)O[C@@H]1CC[C@@H](C[C@@H](C)[C@@H]2C[C@@H](OC)[C@H](C)/C=C(\C)[C@@H](O)[C@@H](OC)C(=O)[C@H](C)C[C@H](C)/C=C/C=C/C=C(\C)[C@@H](OC)C[C@@H]3CC[C@@H](C)[C@@](O)(O3)C(=O)C(=O)N3CCCC[C@H]3C(=O)O2)C[C@H]1OC. The first-order valence-electron chi connectivity index (χ1n) is 47.4. The van der Waals surface area contributed by atoms with Gasteiger partial charge in [0.25, 0.3) is 17.6 Å². The number of allylic oxidation sites excluding steroid dienone is 5. The van der Waals surface area contributed by atoms with Gasteiger partial charge in [-0.15, -0.1) is 0 Å². The average Bonchev–Trinajstić information content (AvgIpc) is 1.16. The minimum atomic E-state index is -4.05. The number of anilines is 1. The van der Waals surface area contributed by atoms with Crippen molar-refractivity contribution in [1.29, 1.82) is 0 Å². The van der Waals surface area contributed by atoms with E-state index in [2.05, 4.69) is 4.98 Å². The zero-order valence-electron chi connectivity index (χ0n) is 80.9. The summed E-state index contributed by atoms with van der Waals surface area (Å²) in [4.78, 5) is 90.1. The van der Waals surface area contributed by atoms with Crippen molar-refractivity contribution in [3.05, 3.63) is 119 Å². The van der Waals surface area contributed by atoms with E-state index in [-0.39, 0.29) is 124 Å². The van der Waals surface area contributed by atoms with Crippen LogP contribution in [0.3, 0.4) is 0 Å². The van der Waals surface area contributed by atoms with Crippen molar-refractivity contribution >= 4 is 68.1 Å². The third kappa shape index (κ3) is 36.6. The highest BCUT2D eigenvalue weighted by atomic mass is 32.2.